The fraction of sp³-hybridized carbons (Fsp3) is 0.800. The van der Waals surface area contributed by atoms with Crippen molar-refractivity contribution < 1.29 is 14.7 Å². The van der Waals surface area contributed by atoms with Gasteiger partial charge in [0.2, 0.25) is 0 Å². The van der Waals surface area contributed by atoms with Gasteiger partial charge in [0.1, 0.15) is 6.10 Å². The van der Waals surface area contributed by atoms with Gasteiger partial charge in [0, 0.05) is 0 Å². The normalized spacial score (nSPS) is 12.8. The Labute approximate surface area is 53.8 Å². The summed E-state index contributed by atoms with van der Waals surface area (Å²) < 4.78 is 0. The smallest absolute Gasteiger partial charge is 0.272 e. The Morgan fingerprint density at radius 1 is 1.89 bits per heavy atom. The predicted molar refractivity (Wildman–Crippen MR) is 31.4 cm³/mol. The first-order chi connectivity index (χ1) is 4.18. The van der Waals surface area contributed by atoms with Crippen molar-refractivity contribution >= 4 is 5.91 Å². The molecule has 9 heavy (non-hydrogen) atoms. The molecular weight excluding hydrogens is 122 g/mol. The van der Waals surface area contributed by atoms with Crippen LogP contribution in [0.4, 0.5) is 0 Å². The second kappa shape index (κ2) is 4.29. The molecule has 2 N–H and O–H groups in total. The topological polar surface area (TPSA) is 58.6 Å². The zero-order valence-corrected chi connectivity index (χ0v) is 5.55. The molecule has 0 bridgehead atoms. The summed E-state index contributed by atoms with van der Waals surface area (Å²) in [5.41, 5.74) is 2.04. The van der Waals surface area contributed by atoms with Crippen LogP contribution in [-0.2, 0) is 9.63 Å². The number of amides is 1. The Morgan fingerprint density at radius 3 is 2.78 bits per heavy atom. The van der Waals surface area contributed by atoms with Crippen LogP contribution in [0.25, 0.3) is 0 Å². The maximum Gasteiger partial charge on any atom is 0.272 e. The quantitative estimate of drug-likeness (QED) is 0.507. The van der Waals surface area contributed by atoms with Gasteiger partial charge in [-0.05, 0) is 13.8 Å². The van der Waals surface area contributed by atoms with E-state index in [4.69, 9.17) is 5.11 Å². The van der Waals surface area contributed by atoms with Crippen LogP contribution in [0.3, 0.4) is 0 Å². The molecule has 4 nitrogen and oxygen atoms in total. The molecule has 0 spiro atoms. The van der Waals surface area contributed by atoms with Crippen LogP contribution in [0.15, 0.2) is 0 Å². The minimum Gasteiger partial charge on any atom is -0.383 e. The van der Waals surface area contributed by atoms with Gasteiger partial charge in [-0.3, -0.25) is 9.63 Å². The molecule has 0 aromatic carbocycles. The molecular formula is C5H11NO3. The van der Waals surface area contributed by atoms with Gasteiger partial charge in [0.25, 0.3) is 5.91 Å². The highest BCUT2D eigenvalue weighted by atomic mass is 16.7. The standard InChI is InChI=1S/C5H11NO3/c1-3-9-6-5(8)4(2)7/h4,7H,3H2,1-2H3,(H,6,8). The van der Waals surface area contributed by atoms with Crippen molar-refractivity contribution in [3.63, 3.8) is 0 Å². The van der Waals surface area contributed by atoms with E-state index in [1.54, 1.807) is 6.92 Å². The fourth-order valence-corrected chi connectivity index (χ4v) is 0.229. The summed E-state index contributed by atoms with van der Waals surface area (Å²) >= 11 is 0. The molecule has 0 radical (unpaired) electrons. The molecule has 0 aliphatic heterocycles. The van der Waals surface area contributed by atoms with E-state index in [1.165, 1.54) is 6.92 Å². The van der Waals surface area contributed by atoms with E-state index < -0.39 is 12.0 Å². The van der Waals surface area contributed by atoms with Gasteiger partial charge >= 0.3 is 0 Å². The highest BCUT2D eigenvalue weighted by Crippen LogP contribution is 1.77. The first-order valence-electron chi connectivity index (χ1n) is 2.78. The van der Waals surface area contributed by atoms with Crippen LogP contribution in [0.5, 0.6) is 0 Å². The van der Waals surface area contributed by atoms with Crippen molar-refractivity contribution in [2.24, 2.45) is 0 Å². The molecule has 1 unspecified atom stereocenters. The van der Waals surface area contributed by atoms with Gasteiger partial charge < -0.3 is 5.11 Å². The Bertz CT molecular complexity index is 92.2. The van der Waals surface area contributed by atoms with E-state index in [2.05, 4.69) is 4.84 Å². The Balaban J connectivity index is 3.28. The lowest BCUT2D eigenvalue weighted by molar-refractivity contribution is -0.140. The van der Waals surface area contributed by atoms with Gasteiger partial charge in [-0.2, -0.15) is 0 Å². The van der Waals surface area contributed by atoms with E-state index >= 15 is 0 Å². The third kappa shape index (κ3) is 3.93. The highest BCUT2D eigenvalue weighted by Gasteiger charge is 2.06. The zero-order chi connectivity index (χ0) is 7.28. The summed E-state index contributed by atoms with van der Waals surface area (Å²) in [6.07, 6.45) is -1.00. The van der Waals surface area contributed by atoms with E-state index in [1.807, 2.05) is 5.48 Å². The first kappa shape index (κ1) is 8.39. The van der Waals surface area contributed by atoms with E-state index in [9.17, 15) is 4.79 Å². The molecule has 0 aromatic rings. The summed E-state index contributed by atoms with van der Waals surface area (Å²) in [6.45, 7) is 3.51. The fourth-order valence-electron chi connectivity index (χ4n) is 0.229. The van der Waals surface area contributed by atoms with Crippen LogP contribution >= 0.6 is 0 Å². The number of rotatable bonds is 3. The number of carbonyl (C=O) groups is 1. The molecule has 0 fully saturated rings. The maximum absolute atomic E-state index is 10.4. The van der Waals surface area contributed by atoms with Crippen molar-refractivity contribution in [1.29, 1.82) is 0 Å². The number of aliphatic hydroxyl groups is 1. The molecule has 1 amide bonds. The van der Waals surface area contributed by atoms with Crippen molar-refractivity contribution in [2.45, 2.75) is 20.0 Å². The monoisotopic (exact) mass is 133 g/mol. The molecule has 0 saturated carbocycles. The third-order valence-corrected chi connectivity index (χ3v) is 0.697. The van der Waals surface area contributed by atoms with Crippen LogP contribution in [0.1, 0.15) is 13.8 Å². The summed E-state index contributed by atoms with van der Waals surface area (Å²) in [6, 6.07) is 0. The minimum absolute atomic E-state index is 0.401. The van der Waals surface area contributed by atoms with Crippen molar-refractivity contribution in [1.82, 2.24) is 5.48 Å². The molecule has 0 heterocycles. The van der Waals surface area contributed by atoms with Crippen molar-refractivity contribution in [2.75, 3.05) is 6.61 Å². The van der Waals surface area contributed by atoms with Crippen LogP contribution < -0.4 is 5.48 Å². The lowest BCUT2D eigenvalue weighted by atomic mass is 10.4. The maximum atomic E-state index is 10.4. The number of carbonyl (C=O) groups excluding carboxylic acids is 1. The summed E-state index contributed by atoms with van der Waals surface area (Å²) in [4.78, 5) is 14.9. The molecule has 0 aliphatic carbocycles. The van der Waals surface area contributed by atoms with Crippen molar-refractivity contribution in [3.8, 4) is 0 Å². The SMILES string of the molecule is CCONC(=O)C(C)O. The van der Waals surface area contributed by atoms with E-state index in [0.717, 1.165) is 0 Å². The molecule has 0 aromatic heterocycles. The lowest BCUT2D eigenvalue weighted by Gasteiger charge is -2.03. The van der Waals surface area contributed by atoms with Crippen LogP contribution in [0, 0.1) is 0 Å². The van der Waals surface area contributed by atoms with E-state index in [-0.39, 0.29) is 0 Å². The van der Waals surface area contributed by atoms with Crippen LogP contribution in [0.2, 0.25) is 0 Å². The molecule has 0 aliphatic rings. The van der Waals surface area contributed by atoms with Crippen LogP contribution in [-0.4, -0.2) is 23.7 Å². The van der Waals surface area contributed by atoms with Gasteiger partial charge in [0.15, 0.2) is 0 Å². The average molecular weight is 133 g/mol. The highest BCUT2D eigenvalue weighted by molar-refractivity contribution is 5.78. The molecule has 4 heteroatoms. The lowest BCUT2D eigenvalue weighted by Crippen LogP contribution is -2.32. The summed E-state index contributed by atoms with van der Waals surface area (Å²) in [7, 11) is 0. The van der Waals surface area contributed by atoms with Gasteiger partial charge in [-0.15, -0.1) is 0 Å². The number of nitrogens with one attached hydrogen (secondary N) is 1. The average Bonchev–Trinajstić information content (AvgIpc) is 1.82. The summed E-state index contributed by atoms with van der Waals surface area (Å²) in [5.74, 6) is -0.517. The van der Waals surface area contributed by atoms with Gasteiger partial charge in [-0.25, -0.2) is 5.48 Å². The summed E-state index contributed by atoms with van der Waals surface area (Å²) in [5, 5.41) is 8.56. The van der Waals surface area contributed by atoms with Crippen molar-refractivity contribution in [3.05, 3.63) is 0 Å². The first-order valence-corrected chi connectivity index (χ1v) is 2.78. The predicted octanol–water partition coefficient (Wildman–Crippen LogP) is -0.565. The van der Waals surface area contributed by atoms with Gasteiger partial charge in [-0.1, -0.05) is 0 Å². The molecule has 1 atom stereocenters. The number of aliphatic hydroxyl groups excluding tert-OH is 1. The molecule has 0 rings (SSSR count). The number of hydrogen-bond acceptors (Lipinski definition) is 3. The number of hydroxylamine groups is 1. The Hall–Kier alpha value is -0.610. The second-order valence-electron chi connectivity index (χ2n) is 1.58. The molecule has 54 valence electrons. The van der Waals surface area contributed by atoms with E-state index in [0.29, 0.717) is 6.61 Å². The zero-order valence-electron chi connectivity index (χ0n) is 5.55. The second-order valence-corrected chi connectivity index (χ2v) is 1.58. The number of hydrogen-bond donors (Lipinski definition) is 2. The Morgan fingerprint density at radius 2 is 2.44 bits per heavy atom. The Kier molecular flexibility index (Phi) is 4.00. The molecule has 0 saturated heterocycles. The largest absolute Gasteiger partial charge is 0.383 e. The minimum atomic E-state index is -1.00. The third-order valence-electron chi connectivity index (χ3n) is 0.697. The van der Waals surface area contributed by atoms with Gasteiger partial charge in [0.05, 0.1) is 6.61 Å².